The van der Waals surface area contributed by atoms with Crippen LogP contribution in [0.25, 0.3) is 0 Å². The molecule has 0 radical (unpaired) electrons. The van der Waals surface area contributed by atoms with Crippen molar-refractivity contribution < 1.29 is 37.9 Å². The molecular weight excluding hydrogens is 468 g/mol. The molecule has 0 amide bonds. The van der Waals surface area contributed by atoms with E-state index in [1.807, 2.05) is 0 Å². The molecule has 10 nitrogen and oxygen atoms in total. The van der Waals surface area contributed by atoms with Crippen molar-refractivity contribution in [2.45, 2.75) is 19.2 Å². The van der Waals surface area contributed by atoms with Crippen LogP contribution in [0.4, 0.5) is 5.88 Å². The summed E-state index contributed by atoms with van der Waals surface area (Å²) >= 11 is 22.3. The van der Waals surface area contributed by atoms with E-state index in [1.165, 1.54) is 19.2 Å². The van der Waals surface area contributed by atoms with Crippen LogP contribution in [0, 0.1) is 10.1 Å². The van der Waals surface area contributed by atoms with Crippen molar-refractivity contribution >= 4 is 64.2 Å². The van der Waals surface area contributed by atoms with E-state index < -0.39 is 29.4 Å². The van der Waals surface area contributed by atoms with E-state index in [0.29, 0.717) is 5.76 Å². The number of hydrogen-bond acceptors (Lipinski definition) is 9. The molecule has 14 heteroatoms. The first kappa shape index (κ1) is 22.5. The van der Waals surface area contributed by atoms with Gasteiger partial charge in [0.25, 0.3) is 0 Å². The number of nitrogens with zero attached hydrogens (tertiary/aromatic N) is 1. The fourth-order valence-corrected chi connectivity index (χ4v) is 2.39. The highest BCUT2D eigenvalue weighted by Crippen LogP contribution is 2.35. The molecule has 0 aliphatic carbocycles. The molecule has 3 rings (SSSR count). The summed E-state index contributed by atoms with van der Waals surface area (Å²) in [6.07, 6.45) is -2.54. The summed E-state index contributed by atoms with van der Waals surface area (Å²) in [5.74, 6) is -1.47. The van der Waals surface area contributed by atoms with Gasteiger partial charge < -0.3 is 18.6 Å². The largest absolute Gasteiger partial charge is 0.433 e. The summed E-state index contributed by atoms with van der Waals surface area (Å²) in [5, 5.41) is 9.19. The van der Waals surface area contributed by atoms with E-state index in [0.717, 1.165) is 0 Å². The molecule has 0 spiro atoms. The number of nitro groups is 1. The van der Waals surface area contributed by atoms with Crippen molar-refractivity contribution in [1.82, 2.24) is 0 Å². The molecule has 0 bridgehead atoms. The van der Waals surface area contributed by atoms with E-state index in [2.05, 4.69) is 9.47 Å². The fourth-order valence-electron chi connectivity index (χ4n) is 1.78. The fraction of sp³-hybridized carbons (Fsp3) is 0.286. The third kappa shape index (κ3) is 5.16. The molecule has 2 atom stereocenters. The lowest BCUT2D eigenvalue weighted by molar-refractivity contribution is -0.402. The van der Waals surface area contributed by atoms with Gasteiger partial charge in [0.1, 0.15) is 37.4 Å². The zero-order chi connectivity index (χ0) is 21.0. The molecule has 0 saturated heterocycles. The zero-order valence-corrected chi connectivity index (χ0v) is 16.7. The van der Waals surface area contributed by atoms with E-state index in [-0.39, 0.29) is 32.6 Å². The first-order chi connectivity index (χ1) is 13.1. The van der Waals surface area contributed by atoms with Crippen molar-refractivity contribution in [3.05, 3.63) is 48.1 Å². The Hall–Kier alpha value is -1.82. The Morgan fingerprint density at radius 2 is 1.54 bits per heavy atom. The molecule has 0 fully saturated rings. The molecule has 1 aromatic rings. The molecule has 3 heterocycles. The van der Waals surface area contributed by atoms with Crippen molar-refractivity contribution in [2.24, 2.45) is 0 Å². The maximum Gasteiger partial charge on any atom is 0.433 e. The Kier molecular flexibility index (Phi) is 7.70. The van der Waals surface area contributed by atoms with E-state index in [1.54, 1.807) is 0 Å². The SMILES string of the molecule is COCc1ccc([N+](=O)[O-])o1.O=C1OC(OC2OC(=O)C(Cl)=C2Cl)C(Cl)=C1Cl. The lowest BCUT2D eigenvalue weighted by Crippen LogP contribution is -2.24. The van der Waals surface area contributed by atoms with Crippen molar-refractivity contribution in [2.75, 3.05) is 7.11 Å². The number of cyclic esters (lactones) is 2. The highest BCUT2D eigenvalue weighted by molar-refractivity contribution is 6.49. The number of carbonyl (C=O) groups is 2. The topological polar surface area (TPSA) is 127 Å². The smallest absolute Gasteiger partial charge is 0.426 e. The van der Waals surface area contributed by atoms with Crippen LogP contribution in [0.5, 0.6) is 0 Å². The van der Waals surface area contributed by atoms with Crippen LogP contribution < -0.4 is 0 Å². The molecule has 0 aromatic carbocycles. The second kappa shape index (κ2) is 9.59. The minimum absolute atomic E-state index is 0.153. The molecule has 0 saturated carbocycles. The van der Waals surface area contributed by atoms with Crippen LogP contribution in [0.1, 0.15) is 5.76 Å². The average molecular weight is 477 g/mol. The van der Waals surface area contributed by atoms with Crippen molar-refractivity contribution in [3.63, 3.8) is 0 Å². The maximum atomic E-state index is 11.0. The summed E-state index contributed by atoms with van der Waals surface area (Å²) in [4.78, 5) is 31.6. The molecule has 1 aromatic heterocycles. The van der Waals surface area contributed by atoms with Gasteiger partial charge in [0.2, 0.25) is 12.6 Å². The minimum atomic E-state index is -1.27. The van der Waals surface area contributed by atoms with E-state index in [4.69, 9.17) is 60.3 Å². The summed E-state index contributed by atoms with van der Waals surface area (Å²) in [6.45, 7) is 0.258. The predicted molar refractivity (Wildman–Crippen MR) is 94.4 cm³/mol. The summed E-state index contributed by atoms with van der Waals surface area (Å²) in [7, 11) is 1.49. The third-order valence-electron chi connectivity index (χ3n) is 2.98. The van der Waals surface area contributed by atoms with E-state index >= 15 is 0 Å². The molecule has 28 heavy (non-hydrogen) atoms. The standard InChI is InChI=1S/C8H2Cl4O5.C6H7NO4/c9-1-3(11)7(15-5(1)13)17-8-4(12)2(10)6(14)16-8;1-10-4-5-2-3-6(11-5)7(8)9/h7-8H;2-3H,4H2,1H3. The van der Waals surface area contributed by atoms with Gasteiger partial charge in [-0.3, -0.25) is 14.9 Å². The maximum absolute atomic E-state index is 11.0. The van der Waals surface area contributed by atoms with Gasteiger partial charge in [0.15, 0.2) is 0 Å². The molecule has 0 N–H and O–H groups in total. The van der Waals surface area contributed by atoms with Gasteiger partial charge in [0.05, 0.1) is 6.07 Å². The number of carbonyl (C=O) groups excluding carboxylic acids is 2. The van der Waals surface area contributed by atoms with Gasteiger partial charge in [-0.05, 0) is 6.07 Å². The molecule has 152 valence electrons. The van der Waals surface area contributed by atoms with Gasteiger partial charge in [-0.25, -0.2) is 9.59 Å². The number of ether oxygens (including phenoxy) is 4. The lowest BCUT2D eigenvalue weighted by atomic mass is 10.5. The number of rotatable bonds is 5. The number of halogens is 4. The number of methoxy groups -OCH3 is 1. The Labute approximate surface area is 176 Å². The van der Waals surface area contributed by atoms with Crippen LogP contribution in [-0.4, -0.2) is 36.6 Å². The second-order valence-corrected chi connectivity index (χ2v) is 6.43. The Balaban J connectivity index is 0.000000221. The highest BCUT2D eigenvalue weighted by atomic mass is 35.5. The second-order valence-electron chi connectivity index (χ2n) is 4.86. The lowest BCUT2D eigenvalue weighted by Gasteiger charge is -2.16. The van der Waals surface area contributed by atoms with Gasteiger partial charge in [-0.2, -0.15) is 0 Å². The van der Waals surface area contributed by atoms with Crippen LogP contribution in [0.2, 0.25) is 0 Å². The first-order valence-electron chi connectivity index (χ1n) is 7.05. The van der Waals surface area contributed by atoms with Crippen molar-refractivity contribution in [1.29, 1.82) is 0 Å². The quantitative estimate of drug-likeness (QED) is 0.356. The van der Waals surface area contributed by atoms with Crippen LogP contribution in [0.15, 0.2) is 36.7 Å². The minimum Gasteiger partial charge on any atom is -0.426 e. The van der Waals surface area contributed by atoms with Gasteiger partial charge >= 0.3 is 17.8 Å². The number of esters is 2. The van der Waals surface area contributed by atoms with E-state index in [9.17, 15) is 19.7 Å². The van der Waals surface area contributed by atoms with Gasteiger partial charge in [0, 0.05) is 7.11 Å². The molecule has 2 aliphatic rings. The van der Waals surface area contributed by atoms with Crippen LogP contribution >= 0.6 is 46.4 Å². The number of hydrogen-bond donors (Lipinski definition) is 0. The first-order valence-corrected chi connectivity index (χ1v) is 8.56. The Morgan fingerprint density at radius 3 is 1.86 bits per heavy atom. The number of furan rings is 1. The third-order valence-corrected chi connectivity index (χ3v) is 4.62. The summed E-state index contributed by atoms with van der Waals surface area (Å²) in [5.41, 5.74) is 0. The Bertz CT molecular complexity index is 821. The highest BCUT2D eigenvalue weighted by Gasteiger charge is 2.40. The van der Waals surface area contributed by atoms with Gasteiger partial charge in [-0.1, -0.05) is 46.4 Å². The summed E-state index contributed by atoms with van der Waals surface area (Å²) in [6, 6.07) is 2.82. The molecule has 2 unspecified atom stereocenters. The molecular formula is C14H9Cl4NO9. The Morgan fingerprint density at radius 1 is 1.04 bits per heavy atom. The summed E-state index contributed by atoms with van der Waals surface area (Å²) < 4.78 is 23.8. The predicted octanol–water partition coefficient (Wildman–Crippen LogP) is 3.48. The van der Waals surface area contributed by atoms with Gasteiger partial charge in [-0.15, -0.1) is 0 Å². The average Bonchev–Trinajstić information content (AvgIpc) is 3.28. The normalized spacial score (nSPS) is 21.5. The van der Waals surface area contributed by atoms with Crippen molar-refractivity contribution in [3.8, 4) is 0 Å². The van der Waals surface area contributed by atoms with Crippen LogP contribution in [0.3, 0.4) is 0 Å². The molecule has 2 aliphatic heterocycles. The zero-order valence-electron chi connectivity index (χ0n) is 13.6. The monoisotopic (exact) mass is 475 g/mol. The van der Waals surface area contributed by atoms with Crippen LogP contribution in [-0.2, 0) is 35.1 Å².